The molecule has 2 heteroatoms. The van der Waals surface area contributed by atoms with E-state index >= 15 is 0 Å². The molecule has 0 spiro atoms. The van der Waals surface area contributed by atoms with E-state index in [0.29, 0.717) is 0 Å². The minimum Gasteiger partial charge on any atom is -0.307 e. The van der Waals surface area contributed by atoms with Crippen LogP contribution in [-0.2, 0) is 5.41 Å². The Hall–Kier alpha value is -6.12. The molecule has 2 nitrogen and oxygen atoms in total. The summed E-state index contributed by atoms with van der Waals surface area (Å²) in [6.45, 7) is 4.71. The second-order valence-corrected chi connectivity index (χ2v) is 13.8. The third kappa shape index (κ3) is 4.07. The van der Waals surface area contributed by atoms with Crippen molar-refractivity contribution in [2.24, 2.45) is 0 Å². The maximum Gasteiger partial charge on any atom is 0.0788 e. The van der Waals surface area contributed by atoms with Crippen molar-refractivity contribution in [3.8, 4) is 44.9 Å². The first kappa shape index (κ1) is 27.9. The number of hydrogen-bond acceptors (Lipinski definition) is 0. The van der Waals surface area contributed by atoms with E-state index in [0.717, 1.165) is 11.4 Å². The molecule has 0 unspecified atom stereocenters. The summed E-state index contributed by atoms with van der Waals surface area (Å²) in [5.74, 6) is 0. The summed E-state index contributed by atoms with van der Waals surface area (Å²) in [5, 5.41) is 3.72. The van der Waals surface area contributed by atoms with E-state index in [4.69, 9.17) is 0 Å². The third-order valence-corrected chi connectivity index (χ3v) is 10.7. The molecule has 0 saturated carbocycles. The van der Waals surface area contributed by atoms with Crippen molar-refractivity contribution in [1.29, 1.82) is 0 Å². The van der Waals surface area contributed by atoms with Crippen LogP contribution in [0.15, 0.2) is 170 Å². The van der Waals surface area contributed by atoms with Crippen molar-refractivity contribution < 1.29 is 0 Å². The standard InChI is InChI=1S/C47H34N2/c1-47(2)41-22-11-9-20-37(41)38-26-24-33(29-42(38)47)32-16-13-19-36(28-32)49-43-23-12-10-21-39(43)40-27-25-34-30-44(31-14-5-3-6-15-31)48(45(34)46(40)49)35-17-7-4-8-18-35/h3-30H,1-2H3. The van der Waals surface area contributed by atoms with Gasteiger partial charge in [-0.1, -0.05) is 141 Å². The largest absolute Gasteiger partial charge is 0.307 e. The quantitative estimate of drug-likeness (QED) is 0.184. The van der Waals surface area contributed by atoms with Crippen LogP contribution in [0.2, 0.25) is 0 Å². The van der Waals surface area contributed by atoms with E-state index in [-0.39, 0.29) is 5.41 Å². The van der Waals surface area contributed by atoms with Gasteiger partial charge in [0, 0.05) is 32.9 Å². The number of rotatable bonds is 4. The summed E-state index contributed by atoms with van der Waals surface area (Å²) in [7, 11) is 0. The molecule has 0 atom stereocenters. The number of para-hydroxylation sites is 2. The Morgan fingerprint density at radius 1 is 0.408 bits per heavy atom. The Balaban J connectivity index is 1.24. The molecule has 1 aliphatic rings. The van der Waals surface area contributed by atoms with Gasteiger partial charge in [-0.25, -0.2) is 0 Å². The van der Waals surface area contributed by atoms with Gasteiger partial charge < -0.3 is 9.13 Å². The Kier molecular flexibility index (Phi) is 5.95. The molecule has 0 saturated heterocycles. The van der Waals surface area contributed by atoms with E-state index in [2.05, 4.69) is 193 Å². The summed E-state index contributed by atoms with van der Waals surface area (Å²) in [6.07, 6.45) is 0. The molecular weight excluding hydrogens is 593 g/mol. The molecule has 0 amide bonds. The van der Waals surface area contributed by atoms with Gasteiger partial charge in [0.25, 0.3) is 0 Å². The van der Waals surface area contributed by atoms with Gasteiger partial charge in [-0.05, 0) is 81.4 Å². The zero-order chi connectivity index (χ0) is 32.7. The van der Waals surface area contributed by atoms with Crippen molar-refractivity contribution in [2.75, 3.05) is 0 Å². The van der Waals surface area contributed by atoms with E-state index in [1.807, 2.05) is 0 Å². The Morgan fingerprint density at radius 3 is 1.94 bits per heavy atom. The lowest BCUT2D eigenvalue weighted by molar-refractivity contribution is 0.660. The molecule has 1 aliphatic carbocycles. The average Bonchev–Trinajstić information content (AvgIpc) is 3.78. The summed E-state index contributed by atoms with van der Waals surface area (Å²) in [4.78, 5) is 0. The third-order valence-electron chi connectivity index (χ3n) is 10.7. The fourth-order valence-electron chi connectivity index (χ4n) is 8.38. The molecule has 9 aromatic rings. The van der Waals surface area contributed by atoms with Gasteiger partial charge in [-0.15, -0.1) is 0 Å². The van der Waals surface area contributed by atoms with Crippen molar-refractivity contribution in [1.82, 2.24) is 9.13 Å². The number of fused-ring (bicyclic) bond motifs is 8. The molecule has 49 heavy (non-hydrogen) atoms. The summed E-state index contributed by atoms with van der Waals surface area (Å²) in [5.41, 5.74) is 16.2. The Morgan fingerprint density at radius 2 is 1.08 bits per heavy atom. The zero-order valence-electron chi connectivity index (χ0n) is 27.6. The lowest BCUT2D eigenvalue weighted by Gasteiger charge is -2.22. The van der Waals surface area contributed by atoms with Crippen molar-refractivity contribution in [2.45, 2.75) is 19.3 Å². The van der Waals surface area contributed by atoms with Crippen molar-refractivity contribution in [3.05, 3.63) is 181 Å². The van der Waals surface area contributed by atoms with Gasteiger partial charge in [-0.3, -0.25) is 0 Å². The first-order valence-electron chi connectivity index (χ1n) is 17.1. The number of aromatic nitrogens is 2. The first-order chi connectivity index (χ1) is 24.1. The zero-order valence-corrected chi connectivity index (χ0v) is 27.6. The SMILES string of the molecule is CC1(C)c2ccccc2-c2ccc(-c3cccc(-n4c5ccccc5c5ccc6cc(-c7ccccc7)n(-c7ccccc7)c6c54)c3)cc21. The molecule has 0 N–H and O–H groups in total. The molecule has 232 valence electrons. The van der Waals surface area contributed by atoms with Gasteiger partial charge in [0.1, 0.15) is 0 Å². The molecular formula is C47H34N2. The summed E-state index contributed by atoms with van der Waals surface area (Å²) < 4.78 is 4.93. The van der Waals surface area contributed by atoms with E-state index in [1.54, 1.807) is 0 Å². The van der Waals surface area contributed by atoms with Crippen LogP contribution in [0.3, 0.4) is 0 Å². The fraction of sp³-hybridized carbons (Fsp3) is 0.0638. The van der Waals surface area contributed by atoms with Crippen LogP contribution in [0.4, 0.5) is 0 Å². The lowest BCUT2D eigenvalue weighted by Crippen LogP contribution is -2.14. The maximum absolute atomic E-state index is 2.48. The summed E-state index contributed by atoms with van der Waals surface area (Å²) in [6, 6.07) is 62.3. The highest BCUT2D eigenvalue weighted by Crippen LogP contribution is 2.49. The highest BCUT2D eigenvalue weighted by atomic mass is 15.0. The van der Waals surface area contributed by atoms with Crippen LogP contribution in [0.1, 0.15) is 25.0 Å². The minimum absolute atomic E-state index is 0.0444. The van der Waals surface area contributed by atoms with Crippen LogP contribution >= 0.6 is 0 Å². The predicted molar refractivity (Wildman–Crippen MR) is 206 cm³/mol. The molecule has 7 aromatic carbocycles. The molecule has 0 bridgehead atoms. The van der Waals surface area contributed by atoms with E-state index in [1.165, 1.54) is 77.3 Å². The number of benzene rings is 7. The van der Waals surface area contributed by atoms with E-state index in [9.17, 15) is 0 Å². The molecule has 0 aliphatic heterocycles. The maximum atomic E-state index is 2.48. The van der Waals surface area contributed by atoms with E-state index < -0.39 is 0 Å². The van der Waals surface area contributed by atoms with Crippen LogP contribution < -0.4 is 0 Å². The van der Waals surface area contributed by atoms with Gasteiger partial charge >= 0.3 is 0 Å². The summed E-state index contributed by atoms with van der Waals surface area (Å²) >= 11 is 0. The van der Waals surface area contributed by atoms with Gasteiger partial charge in [0.2, 0.25) is 0 Å². The Bertz CT molecular complexity index is 2720. The predicted octanol–water partition coefficient (Wildman–Crippen LogP) is 12.4. The molecule has 10 rings (SSSR count). The molecule has 2 heterocycles. The van der Waals surface area contributed by atoms with Crippen LogP contribution in [-0.4, -0.2) is 9.13 Å². The topological polar surface area (TPSA) is 9.86 Å². The van der Waals surface area contributed by atoms with Crippen LogP contribution in [0, 0.1) is 0 Å². The number of hydrogen-bond donors (Lipinski definition) is 0. The highest BCUT2D eigenvalue weighted by Gasteiger charge is 2.35. The van der Waals surface area contributed by atoms with Crippen molar-refractivity contribution >= 4 is 32.7 Å². The molecule has 0 radical (unpaired) electrons. The van der Waals surface area contributed by atoms with Crippen LogP contribution in [0.5, 0.6) is 0 Å². The Labute approximate surface area is 286 Å². The molecule has 2 aromatic heterocycles. The second kappa shape index (κ2) is 10.4. The van der Waals surface area contributed by atoms with Crippen LogP contribution in [0.25, 0.3) is 77.6 Å². The lowest BCUT2D eigenvalue weighted by atomic mass is 9.81. The first-order valence-corrected chi connectivity index (χ1v) is 17.1. The second-order valence-electron chi connectivity index (χ2n) is 13.8. The van der Waals surface area contributed by atoms with Crippen molar-refractivity contribution in [3.63, 3.8) is 0 Å². The highest BCUT2D eigenvalue weighted by molar-refractivity contribution is 6.19. The van der Waals surface area contributed by atoms with Gasteiger partial charge in [-0.2, -0.15) is 0 Å². The van der Waals surface area contributed by atoms with Gasteiger partial charge in [0.15, 0.2) is 0 Å². The smallest absolute Gasteiger partial charge is 0.0788 e. The monoisotopic (exact) mass is 626 g/mol. The number of nitrogens with zero attached hydrogens (tertiary/aromatic N) is 2. The van der Waals surface area contributed by atoms with Gasteiger partial charge in [0.05, 0.1) is 22.2 Å². The minimum atomic E-state index is -0.0444. The average molecular weight is 627 g/mol. The normalized spacial score (nSPS) is 13.3. The fourth-order valence-corrected chi connectivity index (χ4v) is 8.38. The molecule has 0 fully saturated rings.